The molecule has 0 spiro atoms. The van der Waals surface area contributed by atoms with E-state index in [9.17, 15) is 4.79 Å². The van der Waals surface area contributed by atoms with Crippen LogP contribution < -0.4 is 15.5 Å². The molecule has 2 heterocycles. The van der Waals surface area contributed by atoms with Crippen molar-refractivity contribution in [2.75, 3.05) is 15.5 Å². The number of aromatic nitrogens is 4. The fourth-order valence-corrected chi connectivity index (χ4v) is 3.24. The number of hydrogen-bond donors (Lipinski definition) is 2. The maximum absolute atomic E-state index is 15.1. The van der Waals surface area contributed by atoms with Crippen molar-refractivity contribution in [2.24, 2.45) is 7.05 Å². The van der Waals surface area contributed by atoms with Crippen molar-refractivity contribution >= 4 is 40.4 Å². The lowest BCUT2D eigenvalue weighted by Gasteiger charge is -2.26. The number of carbonyl (C=O) groups is 1. The number of nitrogens with zero attached hydrogens (tertiary/aromatic N) is 5. The number of para-hydroxylation sites is 1. The molecule has 0 aliphatic heterocycles. The fraction of sp³-hybridized carbons (Fsp3) is 0.0833. The van der Waals surface area contributed by atoms with Gasteiger partial charge in [0.15, 0.2) is 0 Å². The van der Waals surface area contributed by atoms with E-state index < -0.39 is 5.82 Å². The molecule has 9 heteroatoms. The van der Waals surface area contributed by atoms with Gasteiger partial charge in [-0.3, -0.25) is 14.4 Å². The summed E-state index contributed by atoms with van der Waals surface area (Å²) in [6.07, 6.45) is 6.27. The Morgan fingerprint density at radius 3 is 2.64 bits per heavy atom. The molecule has 4 rings (SSSR count). The Balaban J connectivity index is 1.83. The molecule has 0 aliphatic carbocycles. The molecule has 0 saturated heterocycles. The number of halogens is 1. The molecule has 1 amide bonds. The number of nitrogens with one attached hydrogen (secondary N) is 2. The molecule has 2 N–H and O–H groups in total. The molecule has 2 aromatic carbocycles. The molecule has 166 valence electrons. The quantitative estimate of drug-likeness (QED) is 0.391. The Morgan fingerprint density at radius 2 is 1.94 bits per heavy atom. The molecular weight excluding hydrogens is 421 g/mol. The van der Waals surface area contributed by atoms with Gasteiger partial charge >= 0.3 is 0 Å². The van der Waals surface area contributed by atoms with Gasteiger partial charge in [0.2, 0.25) is 11.9 Å². The third-order valence-corrected chi connectivity index (χ3v) is 4.77. The lowest BCUT2D eigenvalue weighted by Crippen LogP contribution is -2.16. The van der Waals surface area contributed by atoms with Crippen LogP contribution in [0.2, 0.25) is 0 Å². The number of rotatable bonds is 7. The van der Waals surface area contributed by atoms with E-state index >= 15 is 4.39 Å². The average Bonchev–Trinajstić information content (AvgIpc) is 3.23. The minimum Gasteiger partial charge on any atom is -0.322 e. The SMILES string of the molecule is C=CC(=O)Nc1ccc(F)c(N(c2ccccc2)c2nc(Nc3cnn(C)c3)ncc2C)c1. The summed E-state index contributed by atoms with van der Waals surface area (Å²) in [5.74, 6) is -0.0510. The second kappa shape index (κ2) is 9.31. The molecule has 33 heavy (non-hydrogen) atoms. The number of aryl methyl sites for hydroxylation is 2. The van der Waals surface area contributed by atoms with Gasteiger partial charge in [-0.25, -0.2) is 9.37 Å². The minimum absolute atomic E-state index is 0.220. The van der Waals surface area contributed by atoms with Crippen LogP contribution in [-0.2, 0) is 11.8 Å². The maximum Gasteiger partial charge on any atom is 0.247 e. The maximum atomic E-state index is 15.1. The van der Waals surface area contributed by atoms with Crippen molar-refractivity contribution in [1.29, 1.82) is 0 Å². The molecule has 8 nitrogen and oxygen atoms in total. The molecule has 0 atom stereocenters. The van der Waals surface area contributed by atoms with E-state index in [1.54, 1.807) is 34.2 Å². The van der Waals surface area contributed by atoms with Gasteiger partial charge in [-0.2, -0.15) is 10.1 Å². The van der Waals surface area contributed by atoms with Gasteiger partial charge in [0.05, 0.1) is 17.6 Å². The van der Waals surface area contributed by atoms with E-state index in [0.29, 0.717) is 23.1 Å². The molecule has 0 radical (unpaired) electrons. The first kappa shape index (κ1) is 21.7. The first-order valence-corrected chi connectivity index (χ1v) is 10.1. The zero-order chi connectivity index (χ0) is 23.4. The molecule has 4 aromatic rings. The Bertz CT molecular complexity index is 1300. The van der Waals surface area contributed by atoms with Gasteiger partial charge in [-0.05, 0) is 43.3 Å². The second-order valence-corrected chi connectivity index (χ2v) is 7.26. The lowest BCUT2D eigenvalue weighted by molar-refractivity contribution is -0.111. The van der Waals surface area contributed by atoms with Crippen LogP contribution in [0, 0.1) is 12.7 Å². The molecule has 0 unspecified atom stereocenters. The summed E-state index contributed by atoms with van der Waals surface area (Å²) in [6.45, 7) is 5.31. The predicted molar refractivity (Wildman–Crippen MR) is 127 cm³/mol. The van der Waals surface area contributed by atoms with E-state index in [2.05, 4.69) is 32.3 Å². The van der Waals surface area contributed by atoms with Crippen LogP contribution in [0.1, 0.15) is 5.56 Å². The Morgan fingerprint density at radius 1 is 1.15 bits per heavy atom. The zero-order valence-electron chi connectivity index (χ0n) is 18.2. The molecule has 2 aromatic heterocycles. The van der Waals surface area contributed by atoms with Gasteiger partial charge in [0.1, 0.15) is 11.6 Å². The van der Waals surface area contributed by atoms with E-state index in [4.69, 9.17) is 0 Å². The highest BCUT2D eigenvalue weighted by Gasteiger charge is 2.21. The Kier molecular flexibility index (Phi) is 6.12. The average molecular weight is 443 g/mol. The largest absolute Gasteiger partial charge is 0.322 e. The highest BCUT2D eigenvalue weighted by atomic mass is 19.1. The monoisotopic (exact) mass is 443 g/mol. The van der Waals surface area contributed by atoms with E-state index in [1.165, 1.54) is 12.1 Å². The Labute approximate surface area is 190 Å². The molecule has 0 saturated carbocycles. The summed E-state index contributed by atoms with van der Waals surface area (Å²) in [5, 5.41) is 9.92. The smallest absolute Gasteiger partial charge is 0.247 e. The summed E-state index contributed by atoms with van der Waals surface area (Å²) in [6, 6.07) is 13.6. The van der Waals surface area contributed by atoms with Crippen LogP contribution in [0.3, 0.4) is 0 Å². The van der Waals surface area contributed by atoms with E-state index in [0.717, 1.165) is 17.3 Å². The summed E-state index contributed by atoms with van der Waals surface area (Å²) in [4.78, 5) is 22.5. The van der Waals surface area contributed by atoms with Gasteiger partial charge in [0, 0.05) is 36.4 Å². The fourth-order valence-electron chi connectivity index (χ4n) is 3.24. The van der Waals surface area contributed by atoms with Gasteiger partial charge in [-0.15, -0.1) is 0 Å². The van der Waals surface area contributed by atoms with Gasteiger partial charge in [0.25, 0.3) is 0 Å². The van der Waals surface area contributed by atoms with E-state index in [1.807, 2.05) is 44.3 Å². The number of hydrogen-bond acceptors (Lipinski definition) is 6. The Hall–Kier alpha value is -4.53. The highest BCUT2D eigenvalue weighted by molar-refractivity contribution is 5.99. The zero-order valence-corrected chi connectivity index (χ0v) is 18.2. The second-order valence-electron chi connectivity index (χ2n) is 7.26. The topological polar surface area (TPSA) is 88.0 Å². The third-order valence-electron chi connectivity index (χ3n) is 4.77. The predicted octanol–water partition coefficient (Wildman–Crippen LogP) is 5.00. The highest BCUT2D eigenvalue weighted by Crippen LogP contribution is 2.38. The summed E-state index contributed by atoms with van der Waals surface area (Å²) < 4.78 is 16.8. The van der Waals surface area contributed by atoms with E-state index in [-0.39, 0.29) is 11.6 Å². The van der Waals surface area contributed by atoms with Crippen molar-refractivity contribution in [2.45, 2.75) is 6.92 Å². The molecule has 0 bridgehead atoms. The van der Waals surface area contributed by atoms with Gasteiger partial charge < -0.3 is 10.6 Å². The molecule has 0 aliphatic rings. The third kappa shape index (κ3) is 4.87. The standard InChI is InChI=1S/C24H22FN7O/c1-4-22(33)28-17-10-11-20(25)21(12-17)32(19-8-6-5-7-9-19)23-16(2)13-26-24(30-23)29-18-14-27-31(3)15-18/h4-15H,1H2,2-3H3,(H,28,33)(H,26,29,30). The van der Waals surface area contributed by atoms with Crippen molar-refractivity contribution in [3.8, 4) is 0 Å². The van der Waals surface area contributed by atoms with Crippen molar-refractivity contribution in [3.63, 3.8) is 0 Å². The van der Waals surface area contributed by atoms with Crippen LogP contribution in [-0.4, -0.2) is 25.7 Å². The number of benzene rings is 2. The van der Waals surface area contributed by atoms with Crippen LogP contribution in [0.5, 0.6) is 0 Å². The lowest BCUT2D eigenvalue weighted by atomic mass is 10.2. The van der Waals surface area contributed by atoms with Crippen LogP contribution >= 0.6 is 0 Å². The number of anilines is 6. The van der Waals surface area contributed by atoms with Gasteiger partial charge in [-0.1, -0.05) is 24.8 Å². The van der Waals surface area contributed by atoms with Crippen molar-refractivity contribution < 1.29 is 9.18 Å². The molecule has 0 fully saturated rings. The molecular formula is C24H22FN7O. The summed E-state index contributed by atoms with van der Waals surface area (Å²) in [7, 11) is 1.81. The van der Waals surface area contributed by atoms with Crippen LogP contribution in [0.15, 0.2) is 79.8 Å². The van der Waals surface area contributed by atoms with Crippen LogP contribution in [0.4, 0.5) is 38.9 Å². The van der Waals surface area contributed by atoms with Crippen LogP contribution in [0.25, 0.3) is 0 Å². The first-order valence-electron chi connectivity index (χ1n) is 10.1. The first-order chi connectivity index (χ1) is 15.9. The number of carbonyl (C=O) groups excluding carboxylic acids is 1. The number of amides is 1. The normalized spacial score (nSPS) is 10.5. The van der Waals surface area contributed by atoms with Crippen molar-refractivity contribution in [3.05, 3.63) is 91.2 Å². The minimum atomic E-state index is -0.477. The summed E-state index contributed by atoms with van der Waals surface area (Å²) in [5.41, 5.74) is 2.79. The van der Waals surface area contributed by atoms with Crippen molar-refractivity contribution in [1.82, 2.24) is 19.7 Å². The summed E-state index contributed by atoms with van der Waals surface area (Å²) >= 11 is 0.